The molecule has 1 aliphatic rings. The number of ketones is 1. The molecule has 152 valence electrons. The van der Waals surface area contributed by atoms with Gasteiger partial charge >= 0.3 is 0 Å². The molecule has 1 N–H and O–H groups in total. The molecule has 8 heteroatoms. The monoisotopic (exact) mass is 415 g/mol. The molecule has 1 aromatic carbocycles. The van der Waals surface area contributed by atoms with Crippen molar-refractivity contribution in [3.05, 3.63) is 64.4 Å². The van der Waals surface area contributed by atoms with Gasteiger partial charge < -0.3 is 19.6 Å². The van der Waals surface area contributed by atoms with E-state index >= 15 is 0 Å². The molecule has 2 heterocycles. The SMILES string of the molecule is COc1ccc(Cl)cc1/C(O)=C1\C(=O)C(=O)N(CCN(C)C)[C@@H]1c1ccncc1. The molecule has 7 nitrogen and oxygen atoms in total. The van der Waals surface area contributed by atoms with Crippen LogP contribution >= 0.6 is 11.6 Å². The van der Waals surface area contributed by atoms with Crippen molar-refractivity contribution in [1.82, 2.24) is 14.8 Å². The van der Waals surface area contributed by atoms with E-state index in [1.165, 1.54) is 18.1 Å². The number of ether oxygens (including phenoxy) is 1. The summed E-state index contributed by atoms with van der Waals surface area (Å²) in [6.45, 7) is 0.892. The number of aliphatic hydroxyl groups excluding tert-OH is 1. The van der Waals surface area contributed by atoms with Crippen LogP contribution in [-0.2, 0) is 9.59 Å². The number of rotatable bonds is 6. The number of halogens is 1. The largest absolute Gasteiger partial charge is 0.507 e. The minimum atomic E-state index is -0.745. The van der Waals surface area contributed by atoms with Crippen LogP contribution in [-0.4, -0.2) is 65.9 Å². The van der Waals surface area contributed by atoms with Crippen molar-refractivity contribution in [1.29, 1.82) is 0 Å². The summed E-state index contributed by atoms with van der Waals surface area (Å²) < 4.78 is 5.31. The number of benzene rings is 1. The highest BCUT2D eigenvalue weighted by atomic mass is 35.5. The predicted octanol–water partition coefficient (Wildman–Crippen LogP) is 2.73. The van der Waals surface area contributed by atoms with E-state index in [9.17, 15) is 14.7 Å². The number of methoxy groups -OCH3 is 1. The van der Waals surface area contributed by atoms with E-state index in [2.05, 4.69) is 4.98 Å². The number of carbonyl (C=O) groups is 2. The molecule has 1 aromatic heterocycles. The van der Waals surface area contributed by atoms with Gasteiger partial charge in [-0.15, -0.1) is 0 Å². The van der Waals surface area contributed by atoms with Gasteiger partial charge in [-0.2, -0.15) is 0 Å². The number of Topliss-reactive ketones (excluding diaryl/α,β-unsaturated/α-hetero) is 1. The molecule has 1 atom stereocenters. The third-order valence-electron chi connectivity index (χ3n) is 4.77. The molecule has 29 heavy (non-hydrogen) atoms. The highest BCUT2D eigenvalue weighted by molar-refractivity contribution is 6.46. The van der Waals surface area contributed by atoms with Crippen molar-refractivity contribution in [2.45, 2.75) is 6.04 Å². The Morgan fingerprint density at radius 1 is 1.24 bits per heavy atom. The van der Waals surface area contributed by atoms with Crippen molar-refractivity contribution in [3.63, 3.8) is 0 Å². The van der Waals surface area contributed by atoms with Gasteiger partial charge in [-0.05, 0) is 50.0 Å². The number of carbonyl (C=O) groups excluding carboxylic acids is 2. The summed E-state index contributed by atoms with van der Waals surface area (Å²) in [6, 6.07) is 7.44. The van der Waals surface area contributed by atoms with E-state index in [4.69, 9.17) is 16.3 Å². The zero-order valence-corrected chi connectivity index (χ0v) is 17.2. The number of amides is 1. The highest BCUT2D eigenvalue weighted by Gasteiger charge is 2.46. The quantitative estimate of drug-likeness (QED) is 0.443. The molecule has 1 saturated heterocycles. The number of likely N-dealkylation sites (tertiary alicyclic amines) is 1. The van der Waals surface area contributed by atoms with Gasteiger partial charge in [-0.3, -0.25) is 14.6 Å². The Morgan fingerprint density at radius 2 is 1.93 bits per heavy atom. The number of likely N-dealkylation sites (N-methyl/N-ethyl adjacent to an activating group) is 1. The maximum absolute atomic E-state index is 12.9. The van der Waals surface area contributed by atoms with E-state index in [0.29, 0.717) is 29.4 Å². The zero-order chi connectivity index (χ0) is 21.1. The average molecular weight is 416 g/mol. The Morgan fingerprint density at radius 3 is 2.55 bits per heavy atom. The number of hydrogen-bond donors (Lipinski definition) is 1. The van der Waals surface area contributed by atoms with E-state index in [1.54, 1.807) is 36.7 Å². The molecule has 0 radical (unpaired) electrons. The van der Waals surface area contributed by atoms with Crippen LogP contribution in [0, 0.1) is 0 Å². The van der Waals surface area contributed by atoms with Crippen molar-refractivity contribution >= 4 is 29.1 Å². The van der Waals surface area contributed by atoms with Crippen LogP contribution < -0.4 is 4.74 Å². The molecule has 0 unspecified atom stereocenters. The molecule has 0 aliphatic carbocycles. The van der Waals surface area contributed by atoms with Crippen LogP contribution in [0.4, 0.5) is 0 Å². The van der Waals surface area contributed by atoms with Gasteiger partial charge in [0.15, 0.2) is 0 Å². The van der Waals surface area contributed by atoms with Crippen molar-refractivity contribution < 1.29 is 19.4 Å². The first-order chi connectivity index (χ1) is 13.8. The number of aromatic nitrogens is 1. The van der Waals surface area contributed by atoms with Crippen LogP contribution in [0.2, 0.25) is 5.02 Å². The summed E-state index contributed by atoms with van der Waals surface area (Å²) in [4.78, 5) is 33.1. The molecular weight excluding hydrogens is 394 g/mol. The van der Waals surface area contributed by atoms with Crippen LogP contribution in [0.3, 0.4) is 0 Å². The third-order valence-corrected chi connectivity index (χ3v) is 5.00. The number of pyridine rings is 1. The molecule has 2 aromatic rings. The van der Waals surface area contributed by atoms with Gasteiger partial charge in [0, 0.05) is 30.5 Å². The second-order valence-corrected chi connectivity index (χ2v) is 7.36. The molecule has 0 spiro atoms. The first kappa shape index (κ1) is 20.8. The first-order valence-electron chi connectivity index (χ1n) is 9.02. The summed E-state index contributed by atoms with van der Waals surface area (Å²) in [5, 5.41) is 11.5. The molecule has 1 fully saturated rings. The Bertz CT molecular complexity index is 960. The lowest BCUT2D eigenvalue weighted by Crippen LogP contribution is -2.35. The molecule has 0 saturated carbocycles. The third kappa shape index (κ3) is 4.11. The lowest BCUT2D eigenvalue weighted by Gasteiger charge is -2.26. The lowest BCUT2D eigenvalue weighted by molar-refractivity contribution is -0.140. The fourth-order valence-electron chi connectivity index (χ4n) is 3.32. The van der Waals surface area contributed by atoms with E-state index < -0.39 is 17.7 Å². The van der Waals surface area contributed by atoms with Crippen LogP contribution in [0.25, 0.3) is 5.76 Å². The normalized spacial score (nSPS) is 18.5. The fourth-order valence-corrected chi connectivity index (χ4v) is 3.49. The van der Waals surface area contributed by atoms with Crippen molar-refractivity contribution in [2.75, 3.05) is 34.3 Å². The van der Waals surface area contributed by atoms with Crippen LogP contribution in [0.5, 0.6) is 5.75 Å². The predicted molar refractivity (Wildman–Crippen MR) is 110 cm³/mol. The van der Waals surface area contributed by atoms with Gasteiger partial charge in [0.2, 0.25) is 0 Å². The number of aliphatic hydroxyl groups is 1. The number of hydrogen-bond acceptors (Lipinski definition) is 6. The number of nitrogens with zero attached hydrogens (tertiary/aromatic N) is 3. The van der Waals surface area contributed by atoms with Crippen LogP contribution in [0.15, 0.2) is 48.3 Å². The summed E-state index contributed by atoms with van der Waals surface area (Å²) in [6.07, 6.45) is 3.17. The molecular formula is C21H22ClN3O4. The summed E-state index contributed by atoms with van der Waals surface area (Å²) in [5.41, 5.74) is 0.936. The van der Waals surface area contributed by atoms with Gasteiger partial charge in [0.25, 0.3) is 11.7 Å². The van der Waals surface area contributed by atoms with Gasteiger partial charge in [-0.1, -0.05) is 11.6 Å². The smallest absolute Gasteiger partial charge is 0.295 e. The summed E-state index contributed by atoms with van der Waals surface area (Å²) >= 11 is 6.09. The average Bonchev–Trinajstić information content (AvgIpc) is 2.97. The second kappa shape index (κ2) is 8.63. The van der Waals surface area contributed by atoms with E-state index in [-0.39, 0.29) is 16.9 Å². The topological polar surface area (TPSA) is 83.0 Å². The minimum absolute atomic E-state index is 0.000484. The molecule has 1 amide bonds. The van der Waals surface area contributed by atoms with Gasteiger partial charge in [0.05, 0.1) is 24.3 Å². The van der Waals surface area contributed by atoms with Crippen LogP contribution in [0.1, 0.15) is 17.2 Å². The van der Waals surface area contributed by atoms with Crippen molar-refractivity contribution in [2.24, 2.45) is 0 Å². The first-order valence-corrected chi connectivity index (χ1v) is 9.40. The molecule has 1 aliphatic heterocycles. The Balaban J connectivity index is 2.19. The van der Waals surface area contributed by atoms with Gasteiger partial charge in [0.1, 0.15) is 11.5 Å². The summed E-state index contributed by atoms with van der Waals surface area (Å²) in [7, 11) is 5.22. The van der Waals surface area contributed by atoms with Crippen molar-refractivity contribution in [3.8, 4) is 5.75 Å². The van der Waals surface area contributed by atoms with Gasteiger partial charge in [-0.25, -0.2) is 0 Å². The van der Waals surface area contributed by atoms with E-state index in [1.807, 2.05) is 19.0 Å². The Hall–Kier alpha value is -2.90. The standard InChI is InChI=1S/C21H22ClN3O4/c1-24(2)10-11-25-18(13-6-8-23-9-7-13)17(20(27)21(25)28)19(26)15-12-14(22)4-5-16(15)29-3/h4-9,12,18,26H,10-11H2,1-3H3/b19-17+/t18-/m1/s1. The maximum Gasteiger partial charge on any atom is 0.295 e. The maximum atomic E-state index is 12.9. The minimum Gasteiger partial charge on any atom is -0.507 e. The zero-order valence-electron chi connectivity index (χ0n) is 16.4. The molecule has 3 rings (SSSR count). The molecule has 0 bridgehead atoms. The van der Waals surface area contributed by atoms with E-state index in [0.717, 1.165) is 0 Å². The highest BCUT2D eigenvalue weighted by Crippen LogP contribution is 2.41. The Labute approximate surface area is 174 Å². The summed E-state index contributed by atoms with van der Waals surface area (Å²) in [5.74, 6) is -1.38. The lowest BCUT2D eigenvalue weighted by atomic mass is 9.95. The fraction of sp³-hybridized carbons (Fsp3) is 0.286. The Kier molecular flexibility index (Phi) is 6.20. The second-order valence-electron chi connectivity index (χ2n) is 6.92.